The molecule has 1 aliphatic heterocycles. The summed E-state index contributed by atoms with van der Waals surface area (Å²) < 4.78 is 11.5. The van der Waals surface area contributed by atoms with Gasteiger partial charge in [0.05, 0.1) is 25.9 Å². The van der Waals surface area contributed by atoms with Crippen LogP contribution in [-0.4, -0.2) is 49.5 Å². The first-order chi connectivity index (χ1) is 9.83. The number of hydrogen-bond donors (Lipinski definition) is 1. The van der Waals surface area contributed by atoms with Crippen LogP contribution in [0.5, 0.6) is 5.75 Å². The highest BCUT2D eigenvalue weighted by atomic mass is 16.5. The molecule has 0 aliphatic carbocycles. The van der Waals surface area contributed by atoms with E-state index in [2.05, 4.69) is 24.0 Å². The SMILES string of the molecule is CCCCOc1ccc(C2CN(CCO)CCO2)cc1. The van der Waals surface area contributed by atoms with E-state index in [0.29, 0.717) is 0 Å². The van der Waals surface area contributed by atoms with Crippen molar-refractivity contribution < 1.29 is 14.6 Å². The van der Waals surface area contributed by atoms with Crippen molar-refractivity contribution in [2.24, 2.45) is 0 Å². The van der Waals surface area contributed by atoms with Crippen LogP contribution < -0.4 is 4.74 Å². The number of β-amino-alcohol motifs (C(OH)–C–C–N with tert-alkyl or cyclic N) is 1. The number of aliphatic hydroxyl groups is 1. The van der Waals surface area contributed by atoms with Gasteiger partial charge in [0.1, 0.15) is 5.75 Å². The average Bonchev–Trinajstić information content (AvgIpc) is 2.49. The first kappa shape index (κ1) is 15.3. The van der Waals surface area contributed by atoms with Gasteiger partial charge in [0.25, 0.3) is 0 Å². The molecular weight excluding hydrogens is 254 g/mol. The third-order valence-electron chi connectivity index (χ3n) is 3.59. The first-order valence-corrected chi connectivity index (χ1v) is 7.51. The van der Waals surface area contributed by atoms with Crippen molar-refractivity contribution in [3.05, 3.63) is 29.8 Å². The van der Waals surface area contributed by atoms with Gasteiger partial charge in [-0.25, -0.2) is 0 Å². The van der Waals surface area contributed by atoms with Gasteiger partial charge in [0, 0.05) is 19.6 Å². The summed E-state index contributed by atoms with van der Waals surface area (Å²) in [6.07, 6.45) is 2.33. The van der Waals surface area contributed by atoms with Gasteiger partial charge in [0.15, 0.2) is 0 Å². The first-order valence-electron chi connectivity index (χ1n) is 7.51. The Morgan fingerprint density at radius 2 is 2.15 bits per heavy atom. The van der Waals surface area contributed by atoms with Crippen LogP contribution in [0.15, 0.2) is 24.3 Å². The number of aliphatic hydroxyl groups excluding tert-OH is 1. The van der Waals surface area contributed by atoms with Crippen molar-refractivity contribution in [2.45, 2.75) is 25.9 Å². The van der Waals surface area contributed by atoms with Crippen LogP contribution in [0.4, 0.5) is 0 Å². The van der Waals surface area contributed by atoms with E-state index in [9.17, 15) is 0 Å². The summed E-state index contributed by atoms with van der Waals surface area (Å²) in [5, 5.41) is 9.02. The Hall–Kier alpha value is -1.10. The van der Waals surface area contributed by atoms with Crippen molar-refractivity contribution in [3.63, 3.8) is 0 Å². The van der Waals surface area contributed by atoms with Gasteiger partial charge in [-0.2, -0.15) is 0 Å². The van der Waals surface area contributed by atoms with Gasteiger partial charge >= 0.3 is 0 Å². The fourth-order valence-corrected chi connectivity index (χ4v) is 2.36. The zero-order valence-corrected chi connectivity index (χ0v) is 12.3. The topological polar surface area (TPSA) is 41.9 Å². The molecule has 0 bridgehead atoms. The highest BCUT2D eigenvalue weighted by Crippen LogP contribution is 2.24. The fraction of sp³-hybridized carbons (Fsp3) is 0.625. The van der Waals surface area contributed by atoms with E-state index in [4.69, 9.17) is 14.6 Å². The standard InChI is InChI=1S/C16H25NO3/c1-2-3-11-19-15-6-4-14(5-7-15)16-13-17(8-10-18)9-12-20-16/h4-7,16,18H,2-3,8-13H2,1H3. The van der Waals surface area contributed by atoms with E-state index in [-0.39, 0.29) is 12.7 Å². The van der Waals surface area contributed by atoms with E-state index in [1.54, 1.807) is 0 Å². The number of hydrogen-bond acceptors (Lipinski definition) is 4. The molecule has 1 aliphatic rings. The number of unbranched alkanes of at least 4 members (excludes halogenated alkanes) is 1. The lowest BCUT2D eigenvalue weighted by atomic mass is 10.1. The van der Waals surface area contributed by atoms with Crippen molar-refractivity contribution in [3.8, 4) is 5.75 Å². The van der Waals surface area contributed by atoms with Gasteiger partial charge < -0.3 is 14.6 Å². The minimum absolute atomic E-state index is 0.0972. The summed E-state index contributed by atoms with van der Waals surface area (Å²) in [5.74, 6) is 0.922. The van der Waals surface area contributed by atoms with E-state index < -0.39 is 0 Å². The van der Waals surface area contributed by atoms with Crippen LogP contribution >= 0.6 is 0 Å². The van der Waals surface area contributed by atoms with Crippen molar-refractivity contribution in [2.75, 3.05) is 39.5 Å². The molecule has 1 saturated heterocycles. The second kappa shape index (κ2) is 8.25. The normalized spacial score (nSPS) is 20.0. The molecule has 1 heterocycles. The lowest BCUT2D eigenvalue weighted by Crippen LogP contribution is -2.39. The molecule has 0 radical (unpaired) electrons. The monoisotopic (exact) mass is 279 g/mol. The highest BCUT2D eigenvalue weighted by molar-refractivity contribution is 5.29. The van der Waals surface area contributed by atoms with Crippen LogP contribution in [0.1, 0.15) is 31.4 Å². The summed E-state index contributed by atoms with van der Waals surface area (Å²) >= 11 is 0. The van der Waals surface area contributed by atoms with E-state index in [0.717, 1.165) is 51.4 Å². The molecule has 1 aromatic rings. The van der Waals surface area contributed by atoms with Gasteiger partial charge in [0.2, 0.25) is 0 Å². The summed E-state index contributed by atoms with van der Waals surface area (Å²) in [7, 11) is 0. The van der Waals surface area contributed by atoms with Gasteiger partial charge in [-0.1, -0.05) is 25.5 Å². The minimum Gasteiger partial charge on any atom is -0.494 e. The zero-order chi connectivity index (χ0) is 14.2. The van der Waals surface area contributed by atoms with E-state index in [1.165, 1.54) is 5.56 Å². The molecule has 4 nitrogen and oxygen atoms in total. The quantitative estimate of drug-likeness (QED) is 0.777. The summed E-state index contributed by atoms with van der Waals surface area (Å²) in [6, 6.07) is 8.18. The van der Waals surface area contributed by atoms with Crippen molar-refractivity contribution in [1.82, 2.24) is 4.90 Å². The van der Waals surface area contributed by atoms with Crippen LogP contribution in [-0.2, 0) is 4.74 Å². The molecule has 2 rings (SSSR count). The highest BCUT2D eigenvalue weighted by Gasteiger charge is 2.21. The third kappa shape index (κ3) is 4.47. The van der Waals surface area contributed by atoms with Crippen LogP contribution in [0.2, 0.25) is 0 Å². The van der Waals surface area contributed by atoms with Crippen molar-refractivity contribution in [1.29, 1.82) is 0 Å². The Balaban J connectivity index is 1.88. The molecule has 0 amide bonds. The van der Waals surface area contributed by atoms with Crippen molar-refractivity contribution >= 4 is 0 Å². The summed E-state index contributed by atoms with van der Waals surface area (Å²) in [4.78, 5) is 2.24. The molecule has 1 N–H and O–H groups in total. The molecule has 112 valence electrons. The predicted molar refractivity (Wildman–Crippen MR) is 79.1 cm³/mol. The van der Waals surface area contributed by atoms with Gasteiger partial charge in [-0.15, -0.1) is 0 Å². The van der Waals surface area contributed by atoms with Crippen LogP contribution in [0, 0.1) is 0 Å². The molecule has 0 aromatic heterocycles. The maximum absolute atomic E-state index is 9.02. The smallest absolute Gasteiger partial charge is 0.119 e. The second-order valence-corrected chi connectivity index (χ2v) is 5.15. The number of ether oxygens (including phenoxy) is 2. The largest absolute Gasteiger partial charge is 0.494 e. The van der Waals surface area contributed by atoms with Gasteiger partial charge in [-0.3, -0.25) is 4.90 Å². The predicted octanol–water partition coefficient (Wildman–Crippen LogP) is 2.23. The number of morpholine rings is 1. The fourth-order valence-electron chi connectivity index (χ4n) is 2.36. The lowest BCUT2D eigenvalue weighted by Gasteiger charge is -2.32. The molecule has 20 heavy (non-hydrogen) atoms. The Morgan fingerprint density at radius 3 is 2.85 bits per heavy atom. The maximum Gasteiger partial charge on any atom is 0.119 e. The Labute approximate surface area is 121 Å². The third-order valence-corrected chi connectivity index (χ3v) is 3.59. The lowest BCUT2D eigenvalue weighted by molar-refractivity contribution is -0.0338. The Bertz CT molecular complexity index is 378. The molecule has 1 aromatic carbocycles. The molecule has 0 spiro atoms. The van der Waals surface area contributed by atoms with E-state index >= 15 is 0 Å². The maximum atomic E-state index is 9.02. The number of benzene rings is 1. The van der Waals surface area contributed by atoms with Gasteiger partial charge in [-0.05, 0) is 24.1 Å². The van der Waals surface area contributed by atoms with Crippen LogP contribution in [0.25, 0.3) is 0 Å². The average molecular weight is 279 g/mol. The molecule has 1 atom stereocenters. The number of rotatable bonds is 7. The molecular formula is C16H25NO3. The minimum atomic E-state index is 0.0972. The van der Waals surface area contributed by atoms with E-state index in [1.807, 2.05) is 12.1 Å². The molecule has 1 unspecified atom stereocenters. The molecule has 1 fully saturated rings. The molecule has 4 heteroatoms. The number of nitrogens with zero attached hydrogens (tertiary/aromatic N) is 1. The summed E-state index contributed by atoms with van der Waals surface area (Å²) in [5.41, 5.74) is 1.18. The zero-order valence-electron chi connectivity index (χ0n) is 12.3. The molecule has 0 saturated carbocycles. The Morgan fingerprint density at radius 1 is 1.35 bits per heavy atom. The second-order valence-electron chi connectivity index (χ2n) is 5.15. The van der Waals surface area contributed by atoms with Crippen LogP contribution in [0.3, 0.4) is 0 Å². The summed E-state index contributed by atoms with van der Waals surface area (Å²) in [6.45, 7) is 6.32. The Kier molecular flexibility index (Phi) is 6.30.